The third-order valence-electron chi connectivity index (χ3n) is 5.63. The number of piperazine rings is 1. The Morgan fingerprint density at radius 1 is 1.25 bits per heavy atom. The van der Waals surface area contributed by atoms with Crippen molar-refractivity contribution in [3.8, 4) is 0 Å². The van der Waals surface area contributed by atoms with Crippen molar-refractivity contribution in [1.29, 1.82) is 0 Å². The van der Waals surface area contributed by atoms with Crippen molar-refractivity contribution in [3.63, 3.8) is 0 Å². The van der Waals surface area contributed by atoms with E-state index in [1.807, 2.05) is 6.07 Å². The SMILES string of the molecule is [2H]c1ccc(N2CCN(CC[C@H]3CC[C@H](N)CC3)C[C@H]2C)c(Cl)c1Cl. The number of anilines is 1. The van der Waals surface area contributed by atoms with Crippen LogP contribution in [0.2, 0.25) is 10.0 Å². The molecule has 0 unspecified atom stereocenters. The second-order valence-electron chi connectivity index (χ2n) is 7.40. The summed E-state index contributed by atoms with van der Waals surface area (Å²) in [5, 5.41) is 0.859. The van der Waals surface area contributed by atoms with Crippen molar-refractivity contribution >= 4 is 28.9 Å². The van der Waals surface area contributed by atoms with E-state index in [0.29, 0.717) is 22.1 Å². The van der Waals surface area contributed by atoms with Crippen molar-refractivity contribution < 1.29 is 1.37 Å². The van der Waals surface area contributed by atoms with Gasteiger partial charge >= 0.3 is 0 Å². The molecule has 1 atom stereocenters. The van der Waals surface area contributed by atoms with Gasteiger partial charge in [-0.3, -0.25) is 4.90 Å². The number of hydrogen-bond acceptors (Lipinski definition) is 3. The second-order valence-corrected chi connectivity index (χ2v) is 8.16. The summed E-state index contributed by atoms with van der Waals surface area (Å²) in [6.07, 6.45) is 6.27. The predicted molar refractivity (Wildman–Crippen MR) is 104 cm³/mol. The van der Waals surface area contributed by atoms with Crippen LogP contribution in [0.15, 0.2) is 18.2 Å². The monoisotopic (exact) mass is 370 g/mol. The smallest absolute Gasteiger partial charge is 0.0825 e. The molecule has 1 aliphatic heterocycles. The maximum atomic E-state index is 7.77. The molecule has 2 fully saturated rings. The molecule has 0 bridgehead atoms. The molecule has 0 spiro atoms. The molecule has 0 aromatic heterocycles. The van der Waals surface area contributed by atoms with Gasteiger partial charge in [-0.05, 0) is 63.6 Å². The lowest BCUT2D eigenvalue weighted by Gasteiger charge is -2.42. The molecule has 134 valence electrons. The van der Waals surface area contributed by atoms with Gasteiger partial charge < -0.3 is 10.6 Å². The summed E-state index contributed by atoms with van der Waals surface area (Å²) in [4.78, 5) is 4.90. The molecule has 2 aliphatic rings. The second kappa shape index (κ2) is 8.27. The van der Waals surface area contributed by atoms with Crippen LogP contribution in [0.4, 0.5) is 5.69 Å². The molecule has 1 saturated carbocycles. The van der Waals surface area contributed by atoms with Crippen molar-refractivity contribution in [3.05, 3.63) is 28.2 Å². The van der Waals surface area contributed by atoms with E-state index in [9.17, 15) is 0 Å². The quantitative estimate of drug-likeness (QED) is 0.851. The highest BCUT2D eigenvalue weighted by Crippen LogP contribution is 2.34. The van der Waals surface area contributed by atoms with Gasteiger partial charge in [-0.2, -0.15) is 0 Å². The van der Waals surface area contributed by atoms with E-state index in [0.717, 1.165) is 31.2 Å². The molecule has 0 amide bonds. The fraction of sp³-hybridized carbons (Fsp3) is 0.684. The van der Waals surface area contributed by atoms with Crippen LogP contribution in [0.3, 0.4) is 0 Å². The predicted octanol–water partition coefficient (Wildman–Crippen LogP) is 4.41. The molecule has 1 aromatic carbocycles. The number of halogens is 2. The number of hydrogen-bond donors (Lipinski definition) is 1. The average molecular weight is 371 g/mol. The summed E-state index contributed by atoms with van der Waals surface area (Å²) in [6, 6.07) is 4.77. The van der Waals surface area contributed by atoms with E-state index in [4.69, 9.17) is 30.3 Å². The van der Waals surface area contributed by atoms with E-state index in [1.54, 1.807) is 6.07 Å². The highest BCUT2D eigenvalue weighted by molar-refractivity contribution is 6.43. The number of nitrogens with zero attached hydrogens (tertiary/aromatic N) is 2. The van der Waals surface area contributed by atoms with Crippen LogP contribution >= 0.6 is 23.2 Å². The normalized spacial score (nSPS) is 29.6. The van der Waals surface area contributed by atoms with Crippen LogP contribution in [0.1, 0.15) is 40.4 Å². The van der Waals surface area contributed by atoms with Gasteiger partial charge in [-0.15, -0.1) is 0 Å². The van der Waals surface area contributed by atoms with Crippen LogP contribution in [0, 0.1) is 5.92 Å². The van der Waals surface area contributed by atoms with E-state index in [1.165, 1.54) is 38.6 Å². The molecule has 3 nitrogen and oxygen atoms in total. The molecule has 5 heteroatoms. The van der Waals surface area contributed by atoms with Crippen molar-refractivity contribution in [2.24, 2.45) is 11.7 Å². The largest absolute Gasteiger partial charge is 0.365 e. The Bertz CT molecular complexity index is 590. The first kappa shape index (κ1) is 17.0. The number of benzene rings is 1. The zero-order chi connectivity index (χ0) is 18.0. The minimum atomic E-state index is 0.286. The summed E-state index contributed by atoms with van der Waals surface area (Å²) in [5.41, 5.74) is 6.96. The zero-order valence-electron chi connectivity index (χ0n) is 15.5. The molecule has 1 aromatic rings. The first-order valence-electron chi connectivity index (χ1n) is 9.65. The summed E-state index contributed by atoms with van der Waals surface area (Å²) in [5.74, 6) is 0.853. The third-order valence-corrected chi connectivity index (χ3v) is 6.41. The van der Waals surface area contributed by atoms with Crippen LogP contribution in [0.5, 0.6) is 0 Å². The molecule has 1 aliphatic carbocycles. The van der Waals surface area contributed by atoms with Gasteiger partial charge in [0.1, 0.15) is 0 Å². The number of nitrogens with two attached hydrogens (primary N) is 1. The Kier molecular flexibility index (Phi) is 5.84. The summed E-state index contributed by atoms with van der Waals surface area (Å²) in [7, 11) is 0. The lowest BCUT2D eigenvalue weighted by Crippen LogP contribution is -2.52. The van der Waals surface area contributed by atoms with E-state index in [-0.39, 0.29) is 6.04 Å². The summed E-state index contributed by atoms with van der Waals surface area (Å²) in [6.45, 7) is 6.46. The Labute approximate surface area is 157 Å². The first-order chi connectivity index (χ1) is 12.0. The average Bonchev–Trinajstić information content (AvgIpc) is 2.60. The molecular weight excluding hydrogens is 341 g/mol. The highest BCUT2D eigenvalue weighted by atomic mass is 35.5. The van der Waals surface area contributed by atoms with Crippen LogP contribution in [-0.4, -0.2) is 43.2 Å². The van der Waals surface area contributed by atoms with Gasteiger partial charge in [0.2, 0.25) is 0 Å². The van der Waals surface area contributed by atoms with E-state index in [2.05, 4.69) is 16.7 Å². The first-order valence-corrected chi connectivity index (χ1v) is 9.90. The van der Waals surface area contributed by atoms with Gasteiger partial charge in [-0.1, -0.05) is 29.3 Å². The maximum Gasteiger partial charge on any atom is 0.0825 e. The van der Waals surface area contributed by atoms with Gasteiger partial charge in [-0.25, -0.2) is 0 Å². The Morgan fingerprint density at radius 3 is 2.71 bits per heavy atom. The van der Waals surface area contributed by atoms with Crippen LogP contribution in [0.25, 0.3) is 0 Å². The van der Waals surface area contributed by atoms with Crippen LogP contribution < -0.4 is 10.6 Å². The Morgan fingerprint density at radius 2 is 2.00 bits per heavy atom. The minimum absolute atomic E-state index is 0.286. The standard InChI is InChI=1S/C19H29Cl2N3/c1-14-13-23(10-9-15-5-7-16(22)8-6-15)11-12-24(14)18-4-2-3-17(20)19(18)21/h2-4,14-16H,5-13,22H2,1H3/t14-,15-,16-/m1/s1/i3D. The lowest BCUT2D eigenvalue weighted by atomic mass is 9.84. The lowest BCUT2D eigenvalue weighted by molar-refractivity contribution is 0.198. The fourth-order valence-corrected chi connectivity index (χ4v) is 4.49. The fourth-order valence-electron chi connectivity index (χ4n) is 4.10. The van der Waals surface area contributed by atoms with Crippen molar-refractivity contribution in [1.82, 2.24) is 4.90 Å². The van der Waals surface area contributed by atoms with Gasteiger partial charge in [0.05, 0.1) is 17.1 Å². The topological polar surface area (TPSA) is 32.5 Å². The van der Waals surface area contributed by atoms with Crippen LogP contribution in [-0.2, 0) is 0 Å². The molecule has 0 radical (unpaired) electrons. The van der Waals surface area contributed by atoms with Crippen molar-refractivity contribution in [2.75, 3.05) is 31.1 Å². The van der Waals surface area contributed by atoms with Crippen molar-refractivity contribution in [2.45, 2.75) is 51.1 Å². The molecule has 24 heavy (non-hydrogen) atoms. The molecule has 1 saturated heterocycles. The third kappa shape index (κ3) is 4.37. The highest BCUT2D eigenvalue weighted by Gasteiger charge is 2.26. The molecular formula is C19H29Cl2N3. The Hall–Kier alpha value is -0.480. The maximum absolute atomic E-state index is 7.77. The van der Waals surface area contributed by atoms with Gasteiger partial charge in [0.25, 0.3) is 0 Å². The molecule has 3 rings (SSSR count). The molecule has 2 N–H and O–H groups in total. The Balaban J connectivity index is 1.53. The van der Waals surface area contributed by atoms with Gasteiger partial charge in [0.15, 0.2) is 0 Å². The minimum Gasteiger partial charge on any atom is -0.365 e. The number of rotatable bonds is 4. The molecule has 1 heterocycles. The zero-order valence-corrected chi connectivity index (χ0v) is 16.0. The van der Waals surface area contributed by atoms with E-state index >= 15 is 0 Å². The summed E-state index contributed by atoms with van der Waals surface area (Å²) >= 11 is 12.5. The van der Waals surface area contributed by atoms with E-state index < -0.39 is 0 Å². The summed E-state index contributed by atoms with van der Waals surface area (Å²) < 4.78 is 7.77. The van der Waals surface area contributed by atoms with Gasteiger partial charge in [0, 0.05) is 31.7 Å².